The van der Waals surface area contributed by atoms with Gasteiger partial charge in [0.2, 0.25) is 0 Å². The van der Waals surface area contributed by atoms with E-state index in [1.54, 1.807) is 12.3 Å². The summed E-state index contributed by atoms with van der Waals surface area (Å²) in [7, 11) is 0. The monoisotopic (exact) mass is 122 g/mol. The van der Waals surface area contributed by atoms with Gasteiger partial charge in [-0.3, -0.25) is 0 Å². The second-order valence-corrected chi connectivity index (χ2v) is 1.25. The van der Waals surface area contributed by atoms with Crippen molar-refractivity contribution in [3.8, 4) is 0 Å². The van der Waals surface area contributed by atoms with Crippen LogP contribution < -0.4 is 5.73 Å². The zero-order valence-electron chi connectivity index (χ0n) is 4.73. The maximum Gasteiger partial charge on any atom is 0.123 e. The minimum atomic E-state index is 0.572. The van der Waals surface area contributed by atoms with E-state index in [0.717, 1.165) is 0 Å². The van der Waals surface area contributed by atoms with Gasteiger partial charge in [0.1, 0.15) is 5.82 Å². The summed E-state index contributed by atoms with van der Waals surface area (Å²) in [5.41, 5.74) is 5.25. The minimum absolute atomic E-state index is 0.572. The number of nitrogens with zero attached hydrogens (tertiary/aromatic N) is 3. The van der Waals surface area contributed by atoms with Gasteiger partial charge in [-0.05, 0) is 12.1 Å². The fourth-order valence-corrected chi connectivity index (χ4v) is 0.376. The average molecular weight is 122 g/mol. The molecule has 0 amide bonds. The molecular weight excluding hydrogens is 116 g/mol. The molecule has 0 fully saturated rings. The van der Waals surface area contributed by atoms with Crippen LogP contribution in [0.5, 0.6) is 0 Å². The summed E-state index contributed by atoms with van der Waals surface area (Å²) in [6.45, 7) is 0. The molecule has 4 nitrogen and oxygen atoms in total. The van der Waals surface area contributed by atoms with Gasteiger partial charge in [-0.25, -0.2) is 4.98 Å². The summed E-state index contributed by atoms with van der Waals surface area (Å²) in [4.78, 5) is 3.76. The van der Waals surface area contributed by atoms with Crippen LogP contribution in [0.3, 0.4) is 0 Å². The molecule has 0 unspecified atom stereocenters. The standard InChI is InChI=1S/C5H6N2.N2/c6-5-3-1-2-4-7-5;1-2/h1-4H,(H2,6,7);. The summed E-state index contributed by atoms with van der Waals surface area (Å²) in [6, 6.07) is 5.43. The predicted octanol–water partition coefficient (Wildman–Crippen LogP) is 0.694. The highest BCUT2D eigenvalue weighted by atomic mass is 14.8. The van der Waals surface area contributed by atoms with Gasteiger partial charge < -0.3 is 5.73 Å². The summed E-state index contributed by atoms with van der Waals surface area (Å²) < 4.78 is 0. The Labute approximate surface area is 52.7 Å². The largest absolute Gasteiger partial charge is 0.384 e. The van der Waals surface area contributed by atoms with Gasteiger partial charge in [-0.2, -0.15) is 0 Å². The summed E-state index contributed by atoms with van der Waals surface area (Å²) >= 11 is 0. The van der Waals surface area contributed by atoms with Gasteiger partial charge >= 0.3 is 0 Å². The number of hydrogen-bond donors (Lipinski definition) is 1. The lowest BCUT2D eigenvalue weighted by Gasteiger charge is -1.82. The average Bonchev–Trinajstić information content (AvgIpc) is 1.94. The Kier molecular flexibility index (Phi) is 3.71. The van der Waals surface area contributed by atoms with Gasteiger partial charge in [0.05, 0.1) is 0 Å². The van der Waals surface area contributed by atoms with Crippen LogP contribution >= 0.6 is 0 Å². The molecule has 4 heteroatoms. The van der Waals surface area contributed by atoms with E-state index in [2.05, 4.69) is 4.98 Å². The number of hydrogen-bond acceptors (Lipinski definition) is 4. The smallest absolute Gasteiger partial charge is 0.123 e. The Bertz CT molecular complexity index is 169. The maximum atomic E-state index is 6.00. The molecule has 1 aromatic rings. The highest BCUT2D eigenvalue weighted by Gasteiger charge is 1.73. The molecule has 2 N–H and O–H groups in total. The molecule has 1 rings (SSSR count). The van der Waals surface area contributed by atoms with Crippen molar-refractivity contribution in [2.75, 3.05) is 5.73 Å². The Hall–Kier alpha value is -1.63. The van der Waals surface area contributed by atoms with Crippen LogP contribution in [0.25, 0.3) is 0 Å². The van der Waals surface area contributed by atoms with Gasteiger partial charge in [0.15, 0.2) is 0 Å². The van der Waals surface area contributed by atoms with Crippen LogP contribution in [0.2, 0.25) is 0 Å². The Morgan fingerprint density at radius 1 is 1.33 bits per heavy atom. The number of nitrogen functional groups attached to an aromatic ring is 1. The molecule has 0 aromatic carbocycles. The van der Waals surface area contributed by atoms with Gasteiger partial charge in [0, 0.05) is 17.0 Å². The molecule has 0 radical (unpaired) electrons. The van der Waals surface area contributed by atoms with E-state index in [9.17, 15) is 0 Å². The van der Waals surface area contributed by atoms with Gasteiger partial charge in [-0.1, -0.05) is 6.07 Å². The third kappa shape index (κ3) is 3.00. The first-order chi connectivity index (χ1) is 4.39. The number of rotatable bonds is 0. The molecule has 1 aromatic heterocycles. The number of pyridine rings is 1. The number of nitrogens with two attached hydrogens (primary N) is 1. The lowest BCUT2D eigenvalue weighted by Crippen LogP contribution is -1.85. The van der Waals surface area contributed by atoms with Crippen LogP contribution in [0.15, 0.2) is 24.4 Å². The van der Waals surface area contributed by atoms with Crippen LogP contribution in [0.4, 0.5) is 5.82 Å². The topological polar surface area (TPSA) is 86.5 Å². The summed E-state index contributed by atoms with van der Waals surface area (Å²) in [5, 5.41) is 12.0. The lowest BCUT2D eigenvalue weighted by atomic mass is 10.5. The van der Waals surface area contributed by atoms with Crippen LogP contribution in [-0.2, 0) is 0 Å². The Morgan fingerprint density at radius 3 is 2.22 bits per heavy atom. The predicted molar refractivity (Wildman–Crippen MR) is 32.1 cm³/mol. The fourth-order valence-electron chi connectivity index (χ4n) is 0.376. The zero-order valence-corrected chi connectivity index (χ0v) is 4.73. The minimum Gasteiger partial charge on any atom is -0.384 e. The van der Waals surface area contributed by atoms with E-state index in [-0.39, 0.29) is 0 Å². The van der Waals surface area contributed by atoms with Crippen molar-refractivity contribution in [3.05, 3.63) is 24.4 Å². The van der Waals surface area contributed by atoms with Gasteiger partial charge in [0.25, 0.3) is 0 Å². The van der Waals surface area contributed by atoms with Crippen LogP contribution in [0, 0.1) is 10.8 Å². The quantitative estimate of drug-likeness (QED) is 0.513. The SMILES string of the molecule is N#N.Nc1ccccn1. The zero-order chi connectivity index (χ0) is 7.11. The summed E-state index contributed by atoms with van der Waals surface area (Å²) in [5.74, 6) is 0.572. The first-order valence-corrected chi connectivity index (χ1v) is 2.26. The molecule has 0 saturated heterocycles. The molecule has 9 heavy (non-hydrogen) atoms. The van der Waals surface area contributed by atoms with Crippen molar-refractivity contribution in [2.24, 2.45) is 0 Å². The summed E-state index contributed by atoms with van der Waals surface area (Å²) in [6.07, 6.45) is 1.66. The molecule has 0 saturated carbocycles. The van der Waals surface area contributed by atoms with Gasteiger partial charge in [-0.15, -0.1) is 0 Å². The third-order valence-electron chi connectivity index (χ3n) is 0.688. The van der Waals surface area contributed by atoms with Crippen molar-refractivity contribution in [1.29, 1.82) is 10.8 Å². The van der Waals surface area contributed by atoms with E-state index in [1.807, 2.05) is 12.1 Å². The first-order valence-electron chi connectivity index (χ1n) is 2.26. The van der Waals surface area contributed by atoms with Crippen LogP contribution in [0.1, 0.15) is 0 Å². The highest BCUT2D eigenvalue weighted by Crippen LogP contribution is 1.89. The Morgan fingerprint density at radius 2 is 2.00 bits per heavy atom. The van der Waals surface area contributed by atoms with E-state index >= 15 is 0 Å². The van der Waals surface area contributed by atoms with Crippen molar-refractivity contribution in [2.45, 2.75) is 0 Å². The first kappa shape index (κ1) is 7.37. The van der Waals surface area contributed by atoms with Crippen molar-refractivity contribution >= 4 is 5.82 Å². The van der Waals surface area contributed by atoms with E-state index in [4.69, 9.17) is 16.5 Å². The molecule has 0 bridgehead atoms. The molecule has 0 aliphatic heterocycles. The Balaban J connectivity index is 0.000000291. The highest BCUT2D eigenvalue weighted by molar-refractivity contribution is 5.25. The van der Waals surface area contributed by atoms with E-state index in [1.165, 1.54) is 0 Å². The van der Waals surface area contributed by atoms with Crippen molar-refractivity contribution in [3.63, 3.8) is 0 Å². The van der Waals surface area contributed by atoms with E-state index in [0.29, 0.717) is 5.82 Å². The molecule has 0 aliphatic rings. The molecule has 1 heterocycles. The number of anilines is 1. The molecular formula is C5H6N4. The van der Waals surface area contributed by atoms with Crippen molar-refractivity contribution in [1.82, 2.24) is 4.98 Å². The third-order valence-corrected chi connectivity index (χ3v) is 0.688. The second-order valence-electron chi connectivity index (χ2n) is 1.25. The fraction of sp³-hybridized carbons (Fsp3) is 0. The normalized spacial score (nSPS) is 6.89. The van der Waals surface area contributed by atoms with E-state index < -0.39 is 0 Å². The van der Waals surface area contributed by atoms with Crippen molar-refractivity contribution < 1.29 is 0 Å². The molecule has 46 valence electrons. The number of aromatic nitrogens is 1. The maximum absolute atomic E-state index is 6.00. The molecule has 0 atom stereocenters. The van der Waals surface area contributed by atoms with Crippen LogP contribution in [-0.4, -0.2) is 4.98 Å². The lowest BCUT2D eigenvalue weighted by molar-refractivity contribution is 1.15. The molecule has 0 spiro atoms. The second kappa shape index (κ2) is 4.53. The molecule has 0 aliphatic carbocycles.